The molecule has 1 aliphatic rings. The van der Waals surface area contributed by atoms with Crippen LogP contribution in [0.25, 0.3) is 11.3 Å². The minimum Gasteiger partial charge on any atom is -0.444 e. The topological polar surface area (TPSA) is 97.3 Å². The Morgan fingerprint density at radius 3 is 2.96 bits per heavy atom. The highest BCUT2D eigenvalue weighted by molar-refractivity contribution is 5.90. The van der Waals surface area contributed by atoms with Gasteiger partial charge in [-0.05, 0) is 31.9 Å². The van der Waals surface area contributed by atoms with E-state index in [0.717, 1.165) is 18.4 Å². The van der Waals surface area contributed by atoms with Crippen molar-refractivity contribution in [2.75, 3.05) is 11.9 Å². The second kappa shape index (κ2) is 7.61. The van der Waals surface area contributed by atoms with Gasteiger partial charge < -0.3 is 19.2 Å². The number of hydrogen-bond acceptors (Lipinski definition) is 6. The molecule has 8 heteroatoms. The lowest BCUT2D eigenvalue weighted by atomic mass is 9.85. The van der Waals surface area contributed by atoms with Crippen molar-refractivity contribution in [3.63, 3.8) is 0 Å². The molecule has 0 radical (unpaired) electrons. The van der Waals surface area contributed by atoms with E-state index in [2.05, 4.69) is 20.4 Å². The number of aromatic nitrogens is 3. The number of carbonyl (C=O) groups excluding carboxylic acids is 1. The summed E-state index contributed by atoms with van der Waals surface area (Å²) >= 11 is 0. The van der Waals surface area contributed by atoms with Crippen LogP contribution < -0.4 is 5.32 Å². The molecule has 2 amide bonds. The summed E-state index contributed by atoms with van der Waals surface area (Å²) in [7, 11) is 0. The van der Waals surface area contributed by atoms with Crippen LogP contribution in [-0.4, -0.2) is 32.6 Å². The SMILES string of the molecule is CCN(Cc1noc(C2CCC2)n1)C(=O)Nc1cccc(-c2cnco2)c1. The third-order valence-corrected chi connectivity index (χ3v) is 4.77. The fourth-order valence-corrected chi connectivity index (χ4v) is 2.96. The zero-order valence-corrected chi connectivity index (χ0v) is 15.1. The molecule has 1 fully saturated rings. The smallest absolute Gasteiger partial charge is 0.322 e. The zero-order chi connectivity index (χ0) is 18.6. The fraction of sp³-hybridized carbons (Fsp3) is 0.368. The summed E-state index contributed by atoms with van der Waals surface area (Å²) in [6, 6.07) is 7.20. The number of hydrogen-bond donors (Lipinski definition) is 1. The van der Waals surface area contributed by atoms with E-state index in [0.29, 0.717) is 42.2 Å². The van der Waals surface area contributed by atoms with Crippen molar-refractivity contribution in [1.29, 1.82) is 0 Å². The quantitative estimate of drug-likeness (QED) is 0.706. The molecular formula is C19H21N5O3. The molecule has 2 aromatic heterocycles. The summed E-state index contributed by atoms with van der Waals surface area (Å²) in [6.45, 7) is 2.75. The van der Waals surface area contributed by atoms with E-state index in [1.54, 1.807) is 11.1 Å². The van der Waals surface area contributed by atoms with Crippen LogP contribution in [0.3, 0.4) is 0 Å². The van der Waals surface area contributed by atoms with Crippen LogP contribution in [0.5, 0.6) is 0 Å². The number of benzene rings is 1. The Kier molecular flexibility index (Phi) is 4.86. The average Bonchev–Trinajstić information content (AvgIpc) is 3.30. The summed E-state index contributed by atoms with van der Waals surface area (Å²) in [4.78, 5) is 22.6. The first-order valence-corrected chi connectivity index (χ1v) is 9.10. The molecule has 1 aromatic carbocycles. The van der Waals surface area contributed by atoms with Crippen molar-refractivity contribution >= 4 is 11.7 Å². The zero-order valence-electron chi connectivity index (χ0n) is 15.1. The van der Waals surface area contributed by atoms with E-state index in [1.807, 2.05) is 31.2 Å². The second-order valence-corrected chi connectivity index (χ2v) is 6.57. The van der Waals surface area contributed by atoms with Gasteiger partial charge in [0.25, 0.3) is 0 Å². The van der Waals surface area contributed by atoms with Gasteiger partial charge in [0.15, 0.2) is 18.0 Å². The molecule has 1 aliphatic carbocycles. The number of amides is 2. The van der Waals surface area contributed by atoms with Crippen molar-refractivity contribution < 1.29 is 13.7 Å². The molecule has 3 aromatic rings. The minimum absolute atomic E-state index is 0.220. The van der Waals surface area contributed by atoms with E-state index >= 15 is 0 Å². The molecule has 2 heterocycles. The maximum Gasteiger partial charge on any atom is 0.322 e. The molecule has 1 saturated carbocycles. The van der Waals surface area contributed by atoms with Crippen molar-refractivity contribution in [1.82, 2.24) is 20.0 Å². The third-order valence-electron chi connectivity index (χ3n) is 4.77. The first-order valence-electron chi connectivity index (χ1n) is 9.10. The first kappa shape index (κ1) is 17.3. The molecule has 0 bridgehead atoms. The van der Waals surface area contributed by atoms with Gasteiger partial charge in [0.05, 0.1) is 12.7 Å². The average molecular weight is 367 g/mol. The summed E-state index contributed by atoms with van der Waals surface area (Å²) in [6.07, 6.45) is 6.42. The maximum absolute atomic E-state index is 12.6. The van der Waals surface area contributed by atoms with Gasteiger partial charge in [-0.3, -0.25) is 0 Å². The normalized spacial score (nSPS) is 14.0. The lowest BCUT2D eigenvalue weighted by molar-refractivity contribution is 0.210. The Balaban J connectivity index is 1.41. The number of urea groups is 1. The van der Waals surface area contributed by atoms with E-state index in [9.17, 15) is 4.79 Å². The van der Waals surface area contributed by atoms with Crippen LogP contribution in [0, 0.1) is 0 Å². The van der Waals surface area contributed by atoms with Crippen molar-refractivity contribution in [3.05, 3.63) is 48.6 Å². The summed E-state index contributed by atoms with van der Waals surface area (Å²) in [5.41, 5.74) is 1.52. The predicted molar refractivity (Wildman–Crippen MR) is 97.9 cm³/mol. The fourth-order valence-electron chi connectivity index (χ4n) is 2.96. The van der Waals surface area contributed by atoms with Gasteiger partial charge in [0, 0.05) is 23.7 Å². The summed E-state index contributed by atoms with van der Waals surface area (Å²) in [5, 5.41) is 6.92. The van der Waals surface area contributed by atoms with Gasteiger partial charge >= 0.3 is 6.03 Å². The number of rotatable bonds is 6. The molecule has 0 spiro atoms. The monoisotopic (exact) mass is 367 g/mol. The number of carbonyl (C=O) groups is 1. The molecule has 0 atom stereocenters. The Morgan fingerprint density at radius 1 is 1.37 bits per heavy atom. The van der Waals surface area contributed by atoms with Crippen LogP contribution in [0.2, 0.25) is 0 Å². The molecule has 1 N–H and O–H groups in total. The predicted octanol–water partition coefficient (Wildman–Crippen LogP) is 4.05. The lowest BCUT2D eigenvalue weighted by Crippen LogP contribution is -2.34. The van der Waals surface area contributed by atoms with E-state index in [1.165, 1.54) is 12.8 Å². The van der Waals surface area contributed by atoms with Gasteiger partial charge in [0.2, 0.25) is 5.89 Å². The van der Waals surface area contributed by atoms with Gasteiger partial charge in [-0.15, -0.1) is 0 Å². The van der Waals surface area contributed by atoms with Crippen LogP contribution in [0.1, 0.15) is 43.8 Å². The standard InChI is InChI=1S/C19H21N5O3/c1-2-24(11-17-22-18(27-23-17)13-5-3-6-13)19(25)21-15-8-4-7-14(9-15)16-10-20-12-26-16/h4,7-10,12-13H,2-3,5-6,11H2,1H3,(H,21,25). The lowest BCUT2D eigenvalue weighted by Gasteiger charge is -2.21. The Bertz CT molecular complexity index is 902. The Morgan fingerprint density at radius 2 is 2.26 bits per heavy atom. The van der Waals surface area contributed by atoms with Gasteiger partial charge in [-0.2, -0.15) is 4.98 Å². The Labute approximate surface area is 156 Å². The van der Waals surface area contributed by atoms with Gasteiger partial charge in [-0.25, -0.2) is 9.78 Å². The molecule has 0 saturated heterocycles. The van der Waals surface area contributed by atoms with Crippen LogP contribution in [-0.2, 0) is 6.54 Å². The first-order chi connectivity index (χ1) is 13.2. The summed E-state index contributed by atoms with van der Waals surface area (Å²) < 4.78 is 10.6. The van der Waals surface area contributed by atoms with E-state index in [-0.39, 0.29) is 6.03 Å². The molecular weight excluding hydrogens is 346 g/mol. The van der Waals surface area contributed by atoms with Crippen molar-refractivity contribution in [2.24, 2.45) is 0 Å². The molecule has 140 valence electrons. The van der Waals surface area contributed by atoms with Crippen LogP contribution in [0.15, 0.2) is 45.8 Å². The van der Waals surface area contributed by atoms with E-state index in [4.69, 9.17) is 8.94 Å². The van der Waals surface area contributed by atoms with Crippen molar-refractivity contribution in [3.8, 4) is 11.3 Å². The van der Waals surface area contributed by atoms with Gasteiger partial charge in [-0.1, -0.05) is 23.7 Å². The highest BCUT2D eigenvalue weighted by atomic mass is 16.5. The number of anilines is 1. The highest BCUT2D eigenvalue weighted by Gasteiger charge is 2.26. The van der Waals surface area contributed by atoms with Crippen molar-refractivity contribution in [2.45, 2.75) is 38.6 Å². The molecule has 0 unspecified atom stereocenters. The number of oxazole rings is 1. The van der Waals surface area contributed by atoms with E-state index < -0.39 is 0 Å². The minimum atomic E-state index is -0.220. The van der Waals surface area contributed by atoms with Crippen LogP contribution in [0.4, 0.5) is 10.5 Å². The van der Waals surface area contributed by atoms with Gasteiger partial charge in [0.1, 0.15) is 0 Å². The molecule has 8 nitrogen and oxygen atoms in total. The third kappa shape index (κ3) is 3.84. The summed E-state index contributed by atoms with van der Waals surface area (Å²) in [5.74, 6) is 2.25. The number of nitrogens with one attached hydrogen (secondary N) is 1. The second-order valence-electron chi connectivity index (χ2n) is 6.57. The maximum atomic E-state index is 12.6. The molecule has 27 heavy (non-hydrogen) atoms. The largest absolute Gasteiger partial charge is 0.444 e. The number of nitrogens with zero attached hydrogens (tertiary/aromatic N) is 4. The molecule has 0 aliphatic heterocycles. The van der Waals surface area contributed by atoms with Crippen LogP contribution >= 0.6 is 0 Å². The Hall–Kier alpha value is -3.16. The molecule has 4 rings (SSSR count). The highest BCUT2D eigenvalue weighted by Crippen LogP contribution is 2.35.